The fourth-order valence-electron chi connectivity index (χ4n) is 3.75. The van der Waals surface area contributed by atoms with Crippen molar-refractivity contribution in [1.29, 1.82) is 0 Å². The van der Waals surface area contributed by atoms with Crippen LogP contribution in [0, 0.1) is 5.82 Å². The highest BCUT2D eigenvalue weighted by Crippen LogP contribution is 2.33. The molecule has 0 bridgehead atoms. The molecule has 0 heterocycles. The number of amides is 2. The first-order chi connectivity index (χ1) is 18.2. The first-order valence-electron chi connectivity index (χ1n) is 12.1. The molecule has 0 fully saturated rings. The zero-order valence-electron chi connectivity index (χ0n) is 22.0. The van der Waals surface area contributed by atoms with Gasteiger partial charge in [-0.2, -0.15) is 0 Å². The van der Waals surface area contributed by atoms with Crippen LogP contribution in [0.25, 0.3) is 0 Å². The number of carbonyl (C=O) groups excluding carboxylic acids is 2. The second-order valence-corrected chi connectivity index (χ2v) is 12.7. The Labute approximate surface area is 238 Å². The van der Waals surface area contributed by atoms with Crippen LogP contribution in [-0.2, 0) is 26.2 Å². The van der Waals surface area contributed by atoms with E-state index in [1.54, 1.807) is 45.9 Å². The van der Waals surface area contributed by atoms with Gasteiger partial charge < -0.3 is 10.2 Å². The molecule has 1 atom stereocenters. The van der Waals surface area contributed by atoms with Gasteiger partial charge in [-0.05, 0) is 75.7 Å². The Balaban J connectivity index is 2.06. The van der Waals surface area contributed by atoms with Crippen molar-refractivity contribution in [2.24, 2.45) is 0 Å². The van der Waals surface area contributed by atoms with Crippen molar-refractivity contribution in [3.63, 3.8) is 0 Å². The molecule has 2 amide bonds. The van der Waals surface area contributed by atoms with Gasteiger partial charge in [0.1, 0.15) is 18.4 Å². The maximum absolute atomic E-state index is 13.9. The summed E-state index contributed by atoms with van der Waals surface area (Å²) in [5, 5.41) is 3.13. The number of hydrogen-bond acceptors (Lipinski definition) is 4. The number of nitrogens with one attached hydrogen (secondary N) is 1. The molecule has 208 valence electrons. The monoisotopic (exact) mass is 593 g/mol. The van der Waals surface area contributed by atoms with Crippen LogP contribution >= 0.6 is 23.2 Å². The molecule has 0 aliphatic heterocycles. The van der Waals surface area contributed by atoms with E-state index in [-0.39, 0.29) is 27.2 Å². The number of halogens is 3. The van der Waals surface area contributed by atoms with E-state index >= 15 is 0 Å². The zero-order chi connectivity index (χ0) is 29.0. The molecule has 0 unspecified atom stereocenters. The highest BCUT2D eigenvalue weighted by atomic mass is 35.5. The minimum absolute atomic E-state index is 0.00916. The van der Waals surface area contributed by atoms with Crippen LogP contribution < -0.4 is 9.62 Å². The Morgan fingerprint density at radius 1 is 0.974 bits per heavy atom. The molecule has 3 rings (SSSR count). The maximum Gasteiger partial charge on any atom is 0.264 e. The number of carbonyl (C=O) groups is 2. The quantitative estimate of drug-likeness (QED) is 0.347. The summed E-state index contributed by atoms with van der Waals surface area (Å²) in [5.41, 5.74) is -0.0132. The third-order valence-corrected chi connectivity index (χ3v) is 8.05. The third kappa shape index (κ3) is 7.94. The predicted molar refractivity (Wildman–Crippen MR) is 152 cm³/mol. The van der Waals surface area contributed by atoms with E-state index in [2.05, 4.69) is 5.32 Å². The van der Waals surface area contributed by atoms with Gasteiger partial charge in [0.05, 0.1) is 15.6 Å². The van der Waals surface area contributed by atoms with Crippen molar-refractivity contribution < 1.29 is 22.4 Å². The number of rotatable bonds is 9. The summed E-state index contributed by atoms with van der Waals surface area (Å²) < 4.78 is 42.0. The van der Waals surface area contributed by atoms with E-state index in [1.165, 1.54) is 59.5 Å². The molecule has 0 aliphatic carbocycles. The zero-order valence-corrected chi connectivity index (χ0v) is 24.3. The Morgan fingerprint density at radius 3 is 2.18 bits per heavy atom. The topological polar surface area (TPSA) is 86.8 Å². The number of nitrogens with zero attached hydrogens (tertiary/aromatic N) is 2. The summed E-state index contributed by atoms with van der Waals surface area (Å²) >= 11 is 12.6. The van der Waals surface area contributed by atoms with Gasteiger partial charge in [0.2, 0.25) is 11.8 Å². The second-order valence-electron chi connectivity index (χ2n) is 9.98. The van der Waals surface area contributed by atoms with Gasteiger partial charge in [-0.15, -0.1) is 0 Å². The molecule has 0 radical (unpaired) electrons. The molecular formula is C28H30Cl2FN3O4S. The lowest BCUT2D eigenvalue weighted by Gasteiger charge is -2.33. The van der Waals surface area contributed by atoms with Crippen LogP contribution in [0.2, 0.25) is 10.0 Å². The largest absolute Gasteiger partial charge is 0.350 e. The van der Waals surface area contributed by atoms with E-state index in [0.717, 1.165) is 4.31 Å². The maximum atomic E-state index is 13.9. The molecule has 0 aromatic heterocycles. The third-order valence-electron chi connectivity index (χ3n) is 5.72. The number of anilines is 1. The van der Waals surface area contributed by atoms with Crippen molar-refractivity contribution in [2.45, 2.75) is 50.7 Å². The molecule has 0 saturated carbocycles. The minimum atomic E-state index is -4.28. The highest BCUT2D eigenvalue weighted by Gasteiger charge is 2.34. The van der Waals surface area contributed by atoms with E-state index in [0.29, 0.717) is 5.56 Å². The van der Waals surface area contributed by atoms with E-state index in [4.69, 9.17) is 23.2 Å². The summed E-state index contributed by atoms with van der Waals surface area (Å²) in [6, 6.07) is 16.4. The van der Waals surface area contributed by atoms with Gasteiger partial charge in [0.15, 0.2) is 0 Å². The molecule has 0 saturated heterocycles. The fraction of sp³-hybridized carbons (Fsp3) is 0.286. The van der Waals surface area contributed by atoms with E-state index in [1.807, 2.05) is 0 Å². The highest BCUT2D eigenvalue weighted by molar-refractivity contribution is 7.92. The molecule has 39 heavy (non-hydrogen) atoms. The molecule has 7 nitrogen and oxygen atoms in total. The Kier molecular flexibility index (Phi) is 9.64. The molecule has 3 aromatic rings. The van der Waals surface area contributed by atoms with Gasteiger partial charge in [-0.1, -0.05) is 53.5 Å². The number of sulfonamides is 1. The van der Waals surface area contributed by atoms with Crippen LogP contribution in [0.5, 0.6) is 0 Å². The molecular weight excluding hydrogens is 564 g/mol. The van der Waals surface area contributed by atoms with Crippen molar-refractivity contribution in [3.05, 3.63) is 94.2 Å². The van der Waals surface area contributed by atoms with Gasteiger partial charge in [0.25, 0.3) is 10.0 Å². The lowest BCUT2D eigenvalue weighted by atomic mass is 10.1. The first-order valence-corrected chi connectivity index (χ1v) is 14.3. The van der Waals surface area contributed by atoms with Crippen molar-refractivity contribution in [1.82, 2.24) is 10.2 Å². The van der Waals surface area contributed by atoms with Gasteiger partial charge >= 0.3 is 0 Å². The van der Waals surface area contributed by atoms with Crippen LogP contribution in [-0.4, -0.2) is 43.3 Å². The summed E-state index contributed by atoms with van der Waals surface area (Å²) in [6.07, 6.45) is 0. The van der Waals surface area contributed by atoms with Crippen molar-refractivity contribution >= 4 is 50.7 Å². The first kappa shape index (κ1) is 30.4. The molecule has 3 aromatic carbocycles. The summed E-state index contributed by atoms with van der Waals surface area (Å²) in [5.74, 6) is -1.56. The SMILES string of the molecule is C[C@@H](C(=O)NC(C)(C)C)N(Cc1ccc(F)cc1)C(=O)CN(c1cc(Cl)ccc1Cl)S(=O)(=O)c1ccccc1. The van der Waals surface area contributed by atoms with Crippen LogP contribution in [0.3, 0.4) is 0 Å². The molecule has 0 spiro atoms. The smallest absolute Gasteiger partial charge is 0.264 e. The number of benzene rings is 3. The Bertz CT molecular complexity index is 1430. The molecule has 1 N–H and O–H groups in total. The number of hydrogen-bond donors (Lipinski definition) is 1. The van der Waals surface area contributed by atoms with Gasteiger partial charge in [-0.25, -0.2) is 12.8 Å². The van der Waals surface area contributed by atoms with E-state index in [9.17, 15) is 22.4 Å². The van der Waals surface area contributed by atoms with E-state index < -0.39 is 45.8 Å². The molecule has 0 aliphatic rings. The fourth-order valence-corrected chi connectivity index (χ4v) is 5.64. The standard InChI is InChI=1S/C28H30Cl2FN3O4S/c1-19(27(36)32-28(2,3)4)33(17-20-10-13-22(31)14-11-20)26(35)18-34(25-16-21(29)12-15-24(25)30)39(37,38)23-8-6-5-7-9-23/h5-16,19H,17-18H2,1-4H3,(H,32,36)/t19-/m0/s1. The summed E-state index contributed by atoms with van der Waals surface area (Å²) in [4.78, 5) is 28.2. The summed E-state index contributed by atoms with van der Waals surface area (Å²) in [7, 11) is -4.28. The average Bonchev–Trinajstić information content (AvgIpc) is 2.87. The Hall–Kier alpha value is -3.14. The second kappa shape index (κ2) is 12.4. The lowest BCUT2D eigenvalue weighted by Crippen LogP contribution is -2.54. The normalized spacial score (nSPS) is 12.5. The lowest BCUT2D eigenvalue weighted by molar-refractivity contribution is -0.140. The van der Waals surface area contributed by atoms with Gasteiger partial charge in [0, 0.05) is 17.1 Å². The average molecular weight is 595 g/mol. The Morgan fingerprint density at radius 2 is 1.59 bits per heavy atom. The predicted octanol–water partition coefficient (Wildman–Crippen LogP) is 5.66. The minimum Gasteiger partial charge on any atom is -0.350 e. The van der Waals surface area contributed by atoms with Crippen LogP contribution in [0.15, 0.2) is 77.7 Å². The van der Waals surface area contributed by atoms with Crippen LogP contribution in [0.4, 0.5) is 10.1 Å². The van der Waals surface area contributed by atoms with Crippen molar-refractivity contribution in [3.8, 4) is 0 Å². The van der Waals surface area contributed by atoms with Crippen LogP contribution in [0.1, 0.15) is 33.3 Å². The molecule has 11 heteroatoms. The van der Waals surface area contributed by atoms with Gasteiger partial charge in [-0.3, -0.25) is 13.9 Å². The van der Waals surface area contributed by atoms with Crippen molar-refractivity contribution in [2.75, 3.05) is 10.8 Å². The summed E-state index contributed by atoms with van der Waals surface area (Å²) in [6.45, 7) is 6.22.